The summed E-state index contributed by atoms with van der Waals surface area (Å²) in [6, 6.07) is 0. The fraction of sp³-hybridized carbons (Fsp3) is 1.00. The van der Waals surface area contributed by atoms with Gasteiger partial charge in [-0.25, -0.2) is 0 Å². The first-order chi connectivity index (χ1) is 4.42. The van der Waals surface area contributed by atoms with Crippen LogP contribution in [0.4, 0.5) is 0 Å². The quantitative estimate of drug-likeness (QED) is 0.629. The van der Waals surface area contributed by atoms with Crippen molar-refractivity contribution in [2.24, 2.45) is 5.73 Å². The number of rotatable bonds is 4. The SMILES string of the molecule is CP(C)CCCC(C)(C)N. The molecule has 0 aromatic rings. The van der Waals surface area contributed by atoms with Gasteiger partial charge in [-0.05, 0) is 46.2 Å². The first-order valence-corrected chi connectivity index (χ1v) is 6.27. The van der Waals surface area contributed by atoms with Gasteiger partial charge in [0.2, 0.25) is 0 Å². The predicted molar refractivity (Wildman–Crippen MR) is 51.1 cm³/mol. The summed E-state index contributed by atoms with van der Waals surface area (Å²) >= 11 is 0. The molecule has 0 aliphatic carbocycles. The zero-order chi connectivity index (χ0) is 8.20. The van der Waals surface area contributed by atoms with E-state index in [-0.39, 0.29) is 5.54 Å². The minimum absolute atomic E-state index is 0.0470. The van der Waals surface area contributed by atoms with Crippen molar-refractivity contribution >= 4 is 7.92 Å². The molecule has 0 aromatic heterocycles. The Morgan fingerprint density at radius 2 is 1.80 bits per heavy atom. The first kappa shape index (κ1) is 10.4. The Balaban J connectivity index is 3.21. The third kappa shape index (κ3) is 8.39. The Morgan fingerprint density at radius 1 is 1.30 bits per heavy atom. The van der Waals surface area contributed by atoms with Crippen LogP contribution in [0.3, 0.4) is 0 Å². The Hall–Kier alpha value is 0.390. The lowest BCUT2D eigenvalue weighted by molar-refractivity contribution is 0.472. The fourth-order valence-electron chi connectivity index (χ4n) is 0.851. The van der Waals surface area contributed by atoms with Crippen LogP contribution in [0.5, 0.6) is 0 Å². The highest BCUT2D eigenvalue weighted by molar-refractivity contribution is 7.55. The van der Waals surface area contributed by atoms with Gasteiger partial charge in [0, 0.05) is 5.54 Å². The zero-order valence-corrected chi connectivity index (χ0v) is 8.54. The van der Waals surface area contributed by atoms with Gasteiger partial charge in [-0.3, -0.25) is 0 Å². The van der Waals surface area contributed by atoms with Crippen molar-refractivity contribution in [1.29, 1.82) is 0 Å². The van der Waals surface area contributed by atoms with Crippen LogP contribution >= 0.6 is 7.92 Å². The summed E-state index contributed by atoms with van der Waals surface area (Å²) < 4.78 is 0. The fourth-order valence-corrected chi connectivity index (χ4v) is 1.64. The van der Waals surface area contributed by atoms with Crippen molar-refractivity contribution in [3.63, 3.8) is 0 Å². The van der Waals surface area contributed by atoms with E-state index in [1.807, 2.05) is 0 Å². The van der Waals surface area contributed by atoms with Crippen LogP contribution in [0.2, 0.25) is 0 Å². The molecular weight excluding hydrogens is 141 g/mol. The Kier molecular flexibility index (Phi) is 4.47. The third-order valence-corrected chi connectivity index (χ3v) is 2.64. The summed E-state index contributed by atoms with van der Waals surface area (Å²) in [6.07, 6.45) is 3.83. The van der Waals surface area contributed by atoms with Crippen LogP contribution in [0, 0.1) is 0 Å². The summed E-state index contributed by atoms with van der Waals surface area (Å²) in [5.41, 5.74) is 5.88. The minimum atomic E-state index is 0.0470. The predicted octanol–water partition coefficient (Wildman–Crippen LogP) is 2.25. The summed E-state index contributed by atoms with van der Waals surface area (Å²) in [5.74, 6) is 0. The molecule has 0 heterocycles. The van der Waals surface area contributed by atoms with Crippen molar-refractivity contribution in [2.45, 2.75) is 32.2 Å². The molecule has 0 rings (SSSR count). The minimum Gasteiger partial charge on any atom is -0.326 e. The maximum Gasteiger partial charge on any atom is 0.00971 e. The highest BCUT2D eigenvalue weighted by Crippen LogP contribution is 2.26. The van der Waals surface area contributed by atoms with E-state index in [4.69, 9.17) is 5.73 Å². The molecule has 1 nitrogen and oxygen atoms in total. The Labute approximate surface area is 66.1 Å². The molecule has 0 saturated heterocycles. The Bertz CT molecular complexity index is 83.7. The molecule has 10 heavy (non-hydrogen) atoms. The van der Waals surface area contributed by atoms with Crippen LogP contribution in [0.25, 0.3) is 0 Å². The van der Waals surface area contributed by atoms with Gasteiger partial charge in [-0.15, -0.1) is 7.92 Å². The number of hydrogen-bond donors (Lipinski definition) is 1. The van der Waals surface area contributed by atoms with E-state index < -0.39 is 0 Å². The average Bonchev–Trinajstić information content (AvgIpc) is 1.59. The van der Waals surface area contributed by atoms with Gasteiger partial charge in [-0.1, -0.05) is 0 Å². The third-order valence-electron chi connectivity index (χ3n) is 1.43. The van der Waals surface area contributed by atoms with Gasteiger partial charge >= 0.3 is 0 Å². The van der Waals surface area contributed by atoms with Crippen LogP contribution in [-0.4, -0.2) is 25.0 Å². The van der Waals surface area contributed by atoms with Gasteiger partial charge < -0.3 is 5.73 Å². The molecule has 0 radical (unpaired) electrons. The first-order valence-electron chi connectivity index (χ1n) is 3.85. The zero-order valence-electron chi connectivity index (χ0n) is 7.65. The topological polar surface area (TPSA) is 26.0 Å². The highest BCUT2D eigenvalue weighted by Gasteiger charge is 2.09. The van der Waals surface area contributed by atoms with Gasteiger partial charge in [0.05, 0.1) is 0 Å². The van der Waals surface area contributed by atoms with E-state index in [2.05, 4.69) is 27.2 Å². The summed E-state index contributed by atoms with van der Waals surface area (Å²) in [5, 5.41) is 0. The van der Waals surface area contributed by atoms with Crippen molar-refractivity contribution in [1.82, 2.24) is 0 Å². The summed E-state index contributed by atoms with van der Waals surface area (Å²) in [4.78, 5) is 0. The lowest BCUT2D eigenvalue weighted by Gasteiger charge is -2.18. The van der Waals surface area contributed by atoms with E-state index in [1.165, 1.54) is 12.6 Å². The van der Waals surface area contributed by atoms with Gasteiger partial charge in [-0.2, -0.15) is 0 Å². The maximum absolute atomic E-state index is 5.83. The second-order valence-corrected chi connectivity index (χ2v) is 6.50. The second-order valence-electron chi connectivity index (χ2n) is 3.90. The van der Waals surface area contributed by atoms with Gasteiger partial charge in [0.25, 0.3) is 0 Å². The van der Waals surface area contributed by atoms with E-state index in [0.717, 1.165) is 6.42 Å². The van der Waals surface area contributed by atoms with Crippen LogP contribution in [0.1, 0.15) is 26.7 Å². The molecule has 0 bridgehead atoms. The normalized spacial score (nSPS) is 12.6. The molecule has 0 aliphatic heterocycles. The lowest BCUT2D eigenvalue weighted by atomic mass is 10.0. The summed E-state index contributed by atoms with van der Waals surface area (Å²) in [7, 11) is 0.291. The van der Waals surface area contributed by atoms with E-state index >= 15 is 0 Å². The monoisotopic (exact) mass is 161 g/mol. The van der Waals surface area contributed by atoms with Crippen molar-refractivity contribution in [3.8, 4) is 0 Å². The largest absolute Gasteiger partial charge is 0.326 e. The molecule has 62 valence electrons. The lowest BCUT2D eigenvalue weighted by Crippen LogP contribution is -2.31. The smallest absolute Gasteiger partial charge is 0.00971 e. The molecule has 0 spiro atoms. The Morgan fingerprint density at radius 3 is 2.10 bits per heavy atom. The molecule has 2 N–H and O–H groups in total. The van der Waals surface area contributed by atoms with Gasteiger partial charge in [0.1, 0.15) is 0 Å². The molecule has 0 atom stereocenters. The van der Waals surface area contributed by atoms with E-state index in [0.29, 0.717) is 7.92 Å². The van der Waals surface area contributed by atoms with Crippen LogP contribution in [0.15, 0.2) is 0 Å². The molecule has 0 unspecified atom stereocenters. The average molecular weight is 161 g/mol. The van der Waals surface area contributed by atoms with Crippen LogP contribution in [-0.2, 0) is 0 Å². The molecule has 0 fully saturated rings. The van der Waals surface area contributed by atoms with Gasteiger partial charge in [0.15, 0.2) is 0 Å². The second kappa shape index (κ2) is 4.31. The van der Waals surface area contributed by atoms with Crippen molar-refractivity contribution in [3.05, 3.63) is 0 Å². The maximum atomic E-state index is 5.83. The highest BCUT2D eigenvalue weighted by atomic mass is 31.1. The van der Waals surface area contributed by atoms with Crippen LogP contribution < -0.4 is 5.73 Å². The number of hydrogen-bond acceptors (Lipinski definition) is 1. The molecule has 0 aliphatic rings. The van der Waals surface area contributed by atoms with Crippen molar-refractivity contribution < 1.29 is 0 Å². The molecule has 2 heteroatoms. The number of nitrogens with two attached hydrogens (primary N) is 1. The summed E-state index contributed by atoms with van der Waals surface area (Å²) in [6.45, 7) is 8.83. The van der Waals surface area contributed by atoms with E-state index in [9.17, 15) is 0 Å². The molecule has 0 amide bonds. The van der Waals surface area contributed by atoms with E-state index in [1.54, 1.807) is 0 Å². The molecule has 0 saturated carbocycles. The molecular formula is C8H20NP. The molecule has 0 aromatic carbocycles. The standard InChI is InChI=1S/C8H20NP/c1-8(2,9)6-5-7-10(3)4/h5-7,9H2,1-4H3. The van der Waals surface area contributed by atoms with Crippen molar-refractivity contribution in [2.75, 3.05) is 19.5 Å².